The van der Waals surface area contributed by atoms with Gasteiger partial charge < -0.3 is 5.73 Å². The molecule has 1 atom stereocenters. The summed E-state index contributed by atoms with van der Waals surface area (Å²) < 4.78 is 0. The molecule has 2 rings (SSSR count). The van der Waals surface area contributed by atoms with Crippen molar-refractivity contribution in [2.45, 2.75) is 25.8 Å². The summed E-state index contributed by atoms with van der Waals surface area (Å²) in [6.07, 6.45) is 1.10. The summed E-state index contributed by atoms with van der Waals surface area (Å²) in [5.74, 6) is 0. The number of nitro groups is 1. The van der Waals surface area contributed by atoms with E-state index in [1.807, 2.05) is 31.2 Å². The van der Waals surface area contributed by atoms with Gasteiger partial charge in [0.15, 0.2) is 0 Å². The second-order valence-corrected chi connectivity index (χ2v) is 5.56. The Morgan fingerprint density at radius 1 is 1.19 bits per heavy atom. The van der Waals surface area contributed by atoms with Crippen molar-refractivity contribution in [1.29, 1.82) is 0 Å². The molecule has 4 nitrogen and oxygen atoms in total. The van der Waals surface area contributed by atoms with Gasteiger partial charge in [0, 0.05) is 22.7 Å². The number of halogens is 1. The van der Waals surface area contributed by atoms with Gasteiger partial charge in [-0.15, -0.1) is 0 Å². The Bertz CT molecular complexity index is 658. The van der Waals surface area contributed by atoms with Gasteiger partial charge in [0.1, 0.15) is 0 Å². The molecule has 0 heterocycles. The average molecular weight is 305 g/mol. The molecule has 0 saturated carbocycles. The van der Waals surface area contributed by atoms with Crippen molar-refractivity contribution in [3.05, 3.63) is 74.3 Å². The number of nitrogens with zero attached hydrogens (tertiary/aromatic N) is 1. The molecule has 0 spiro atoms. The van der Waals surface area contributed by atoms with Crippen LogP contribution in [-0.2, 0) is 12.8 Å². The van der Waals surface area contributed by atoms with E-state index in [0.29, 0.717) is 23.4 Å². The second kappa shape index (κ2) is 6.70. The van der Waals surface area contributed by atoms with Gasteiger partial charge in [0.25, 0.3) is 5.69 Å². The molecule has 0 saturated heterocycles. The minimum Gasteiger partial charge on any atom is -0.327 e. The molecule has 0 amide bonds. The highest BCUT2D eigenvalue weighted by Gasteiger charge is 2.17. The molecule has 0 fully saturated rings. The first-order chi connectivity index (χ1) is 9.97. The zero-order valence-corrected chi connectivity index (χ0v) is 12.5. The summed E-state index contributed by atoms with van der Waals surface area (Å²) >= 11 is 5.93. The van der Waals surface area contributed by atoms with Crippen LogP contribution in [0.25, 0.3) is 0 Å². The molecule has 0 aliphatic heterocycles. The summed E-state index contributed by atoms with van der Waals surface area (Å²) in [6, 6.07) is 12.4. The molecule has 0 bridgehead atoms. The van der Waals surface area contributed by atoms with Crippen LogP contribution >= 0.6 is 11.6 Å². The normalized spacial score (nSPS) is 12.1. The maximum absolute atomic E-state index is 11.0. The third-order valence-electron chi connectivity index (χ3n) is 3.46. The minimum atomic E-state index is -0.397. The second-order valence-electron chi connectivity index (χ2n) is 5.12. The standard InChI is InChI=1S/C16H17ClN2O2/c1-11-4-2-3-5-12(11)9-15(18)10-13-8-14(17)6-7-16(13)19(20)21/h2-8,15H,9-10,18H2,1H3. The minimum absolute atomic E-state index is 0.0691. The summed E-state index contributed by atoms with van der Waals surface area (Å²) in [7, 11) is 0. The number of hydrogen-bond acceptors (Lipinski definition) is 3. The predicted octanol–water partition coefficient (Wildman–Crippen LogP) is 3.67. The summed E-state index contributed by atoms with van der Waals surface area (Å²) in [4.78, 5) is 10.7. The van der Waals surface area contributed by atoms with Crippen LogP contribution in [0, 0.1) is 17.0 Å². The molecular formula is C16H17ClN2O2. The first kappa shape index (κ1) is 15.5. The molecule has 2 N–H and O–H groups in total. The molecule has 2 aromatic carbocycles. The van der Waals surface area contributed by atoms with Crippen LogP contribution in [0.3, 0.4) is 0 Å². The van der Waals surface area contributed by atoms with Crippen LogP contribution in [-0.4, -0.2) is 11.0 Å². The zero-order valence-electron chi connectivity index (χ0n) is 11.8. The molecule has 0 aliphatic carbocycles. The van der Waals surface area contributed by atoms with Gasteiger partial charge in [-0.25, -0.2) is 0 Å². The van der Waals surface area contributed by atoms with Crippen LogP contribution in [0.5, 0.6) is 0 Å². The highest BCUT2D eigenvalue weighted by atomic mass is 35.5. The Morgan fingerprint density at radius 2 is 1.86 bits per heavy atom. The average Bonchev–Trinajstić information content (AvgIpc) is 2.41. The number of nitrogens with two attached hydrogens (primary N) is 1. The number of aryl methyl sites for hydroxylation is 1. The maximum Gasteiger partial charge on any atom is 0.272 e. The topological polar surface area (TPSA) is 69.2 Å². The van der Waals surface area contributed by atoms with Gasteiger partial charge in [0.05, 0.1) is 4.92 Å². The van der Waals surface area contributed by atoms with E-state index in [2.05, 4.69) is 0 Å². The van der Waals surface area contributed by atoms with Crippen molar-refractivity contribution < 1.29 is 4.92 Å². The van der Waals surface area contributed by atoms with Crippen molar-refractivity contribution in [2.75, 3.05) is 0 Å². The van der Waals surface area contributed by atoms with Crippen LogP contribution in [0.15, 0.2) is 42.5 Å². The Balaban J connectivity index is 2.16. The maximum atomic E-state index is 11.0. The molecule has 0 aliphatic rings. The van der Waals surface area contributed by atoms with E-state index in [4.69, 9.17) is 17.3 Å². The highest BCUT2D eigenvalue weighted by molar-refractivity contribution is 6.30. The van der Waals surface area contributed by atoms with Gasteiger partial charge >= 0.3 is 0 Å². The number of benzene rings is 2. The van der Waals surface area contributed by atoms with Crippen molar-refractivity contribution in [2.24, 2.45) is 5.73 Å². The van der Waals surface area contributed by atoms with E-state index in [1.165, 1.54) is 17.7 Å². The number of hydrogen-bond donors (Lipinski definition) is 1. The Hall–Kier alpha value is -1.91. The van der Waals surface area contributed by atoms with Crippen LogP contribution in [0.1, 0.15) is 16.7 Å². The third-order valence-corrected chi connectivity index (χ3v) is 3.70. The van der Waals surface area contributed by atoms with Crippen molar-refractivity contribution in [1.82, 2.24) is 0 Å². The number of rotatable bonds is 5. The molecular weight excluding hydrogens is 288 g/mol. The van der Waals surface area contributed by atoms with Crippen molar-refractivity contribution in [3.8, 4) is 0 Å². The van der Waals surface area contributed by atoms with E-state index < -0.39 is 4.92 Å². The molecule has 0 radical (unpaired) electrons. The van der Waals surface area contributed by atoms with Crippen LogP contribution in [0.2, 0.25) is 5.02 Å². The fourth-order valence-electron chi connectivity index (χ4n) is 2.37. The highest BCUT2D eigenvalue weighted by Crippen LogP contribution is 2.24. The summed E-state index contributed by atoms with van der Waals surface area (Å²) in [6.45, 7) is 2.03. The first-order valence-electron chi connectivity index (χ1n) is 6.70. The van der Waals surface area contributed by atoms with Crippen molar-refractivity contribution >= 4 is 17.3 Å². The Labute approximate surface area is 128 Å². The fourth-order valence-corrected chi connectivity index (χ4v) is 2.57. The first-order valence-corrected chi connectivity index (χ1v) is 7.08. The van der Waals surface area contributed by atoms with E-state index in [0.717, 1.165) is 5.56 Å². The summed E-state index contributed by atoms with van der Waals surface area (Å²) in [5, 5.41) is 11.5. The van der Waals surface area contributed by atoms with Gasteiger partial charge in [-0.1, -0.05) is 35.9 Å². The number of nitro benzene ring substituents is 1. The lowest BCUT2D eigenvalue weighted by Gasteiger charge is -2.14. The van der Waals surface area contributed by atoms with Gasteiger partial charge in [-0.2, -0.15) is 0 Å². The lowest BCUT2D eigenvalue weighted by Crippen LogP contribution is -2.26. The van der Waals surface area contributed by atoms with Crippen molar-refractivity contribution in [3.63, 3.8) is 0 Å². The molecule has 5 heteroatoms. The van der Waals surface area contributed by atoms with E-state index >= 15 is 0 Å². The smallest absolute Gasteiger partial charge is 0.272 e. The van der Waals surface area contributed by atoms with Gasteiger partial charge in [-0.05, 0) is 43.0 Å². The molecule has 1 unspecified atom stereocenters. The van der Waals surface area contributed by atoms with E-state index in [1.54, 1.807) is 6.07 Å². The van der Waals surface area contributed by atoms with Crippen LogP contribution in [0.4, 0.5) is 5.69 Å². The van der Waals surface area contributed by atoms with E-state index in [9.17, 15) is 10.1 Å². The zero-order chi connectivity index (χ0) is 15.4. The quantitative estimate of drug-likeness (QED) is 0.677. The SMILES string of the molecule is Cc1ccccc1CC(N)Cc1cc(Cl)ccc1[N+](=O)[O-]. The molecule has 2 aromatic rings. The molecule has 110 valence electrons. The third kappa shape index (κ3) is 4.03. The van der Waals surface area contributed by atoms with E-state index in [-0.39, 0.29) is 11.7 Å². The largest absolute Gasteiger partial charge is 0.327 e. The van der Waals surface area contributed by atoms with Gasteiger partial charge in [0.2, 0.25) is 0 Å². The monoisotopic (exact) mass is 304 g/mol. The Morgan fingerprint density at radius 3 is 2.52 bits per heavy atom. The fraction of sp³-hybridized carbons (Fsp3) is 0.250. The molecule has 0 aromatic heterocycles. The van der Waals surface area contributed by atoms with Gasteiger partial charge in [-0.3, -0.25) is 10.1 Å². The molecule has 21 heavy (non-hydrogen) atoms. The predicted molar refractivity (Wildman–Crippen MR) is 84.7 cm³/mol. The Kier molecular flexibility index (Phi) is 4.94. The summed E-state index contributed by atoms with van der Waals surface area (Å²) in [5.41, 5.74) is 9.14. The van der Waals surface area contributed by atoms with Crippen LogP contribution < -0.4 is 5.73 Å². The lowest BCUT2D eigenvalue weighted by atomic mass is 9.96. The lowest BCUT2D eigenvalue weighted by molar-refractivity contribution is -0.385.